The van der Waals surface area contributed by atoms with Crippen LogP contribution < -0.4 is 0 Å². The second-order valence-corrected chi connectivity index (χ2v) is 13.6. The van der Waals surface area contributed by atoms with Crippen LogP contribution in [0.2, 0.25) is 0 Å². The lowest BCUT2D eigenvalue weighted by Gasteiger charge is -2.24. The van der Waals surface area contributed by atoms with Gasteiger partial charge in [-0.15, -0.1) is 0 Å². The number of phosphoric ester groups is 1. The van der Waals surface area contributed by atoms with Gasteiger partial charge in [-0.1, -0.05) is 50.5 Å². The summed E-state index contributed by atoms with van der Waals surface area (Å²) in [5.74, 6) is -1.57. The Hall–Kier alpha value is -1.63. The first kappa shape index (κ1) is 39.4. The Bertz CT molecular complexity index is 920. The van der Waals surface area contributed by atoms with Crippen molar-refractivity contribution in [2.24, 2.45) is 11.8 Å². The number of rotatable bonds is 22. The maximum absolute atomic E-state index is 12.2. The molecule has 0 aromatic heterocycles. The Morgan fingerprint density at radius 3 is 2.42 bits per heavy atom. The van der Waals surface area contributed by atoms with Crippen LogP contribution in [0.1, 0.15) is 71.6 Å². The van der Waals surface area contributed by atoms with E-state index in [1.165, 1.54) is 6.92 Å². The number of allylic oxidation sites excluding steroid dienone is 2. The highest BCUT2D eigenvalue weighted by atomic mass is 31.2. The Morgan fingerprint density at radius 1 is 1.05 bits per heavy atom. The molecule has 0 radical (unpaired) electrons. The Kier molecular flexibility index (Phi) is 18.7. The lowest BCUT2D eigenvalue weighted by molar-refractivity contribution is -0.870. The third-order valence-electron chi connectivity index (χ3n) is 7.10. The number of likely N-dealkylation sites (N-methyl/N-ethyl adjacent to an activating group) is 1. The summed E-state index contributed by atoms with van der Waals surface area (Å²) in [5.41, 5.74) is 0. The van der Waals surface area contributed by atoms with Crippen molar-refractivity contribution >= 4 is 19.8 Å². The van der Waals surface area contributed by atoms with Gasteiger partial charge in [-0.2, -0.15) is 0 Å². The lowest BCUT2D eigenvalue weighted by atomic mass is 9.89. The zero-order chi connectivity index (χ0) is 32.5. The van der Waals surface area contributed by atoms with Crippen LogP contribution in [0.25, 0.3) is 0 Å². The molecule has 1 aliphatic carbocycles. The monoisotopic (exact) mass is 636 g/mol. The fourth-order valence-corrected chi connectivity index (χ4v) is 5.39. The van der Waals surface area contributed by atoms with Crippen molar-refractivity contribution in [1.29, 1.82) is 0 Å². The van der Waals surface area contributed by atoms with Gasteiger partial charge in [0.15, 0.2) is 6.10 Å². The number of carbonyl (C=O) groups excluding carboxylic acids is 2. The fraction of sp³-hybridized carbons (Fsp3) is 0.800. The van der Waals surface area contributed by atoms with Crippen LogP contribution >= 0.6 is 7.82 Å². The molecule has 0 bridgehead atoms. The van der Waals surface area contributed by atoms with Crippen molar-refractivity contribution in [3.8, 4) is 0 Å². The van der Waals surface area contributed by atoms with E-state index in [2.05, 4.69) is 6.92 Å². The summed E-state index contributed by atoms with van der Waals surface area (Å²) >= 11 is 0. The summed E-state index contributed by atoms with van der Waals surface area (Å²) in [6, 6.07) is 0. The Morgan fingerprint density at radius 2 is 1.77 bits per heavy atom. The van der Waals surface area contributed by atoms with Gasteiger partial charge in [-0.25, -0.2) is 4.57 Å². The number of carbonyl (C=O) groups is 2. The van der Waals surface area contributed by atoms with E-state index in [-0.39, 0.29) is 31.5 Å². The molecule has 250 valence electrons. The topological polar surface area (TPSA) is 169 Å². The molecule has 0 aromatic rings. The van der Waals surface area contributed by atoms with Gasteiger partial charge in [0.1, 0.15) is 19.8 Å². The zero-order valence-electron chi connectivity index (χ0n) is 26.5. The number of ether oxygens (including phenoxy) is 2. The van der Waals surface area contributed by atoms with Gasteiger partial charge in [-0.05, 0) is 31.6 Å². The van der Waals surface area contributed by atoms with Crippen molar-refractivity contribution in [2.75, 3.05) is 47.5 Å². The molecule has 0 amide bonds. The van der Waals surface area contributed by atoms with Crippen LogP contribution in [-0.2, 0) is 32.7 Å². The van der Waals surface area contributed by atoms with Crippen molar-refractivity contribution in [2.45, 2.75) is 96.1 Å². The maximum atomic E-state index is 12.2. The average Bonchev–Trinajstić information content (AvgIpc) is 3.17. The van der Waals surface area contributed by atoms with Crippen LogP contribution in [0.15, 0.2) is 24.3 Å². The van der Waals surface area contributed by atoms with Crippen molar-refractivity contribution in [3.05, 3.63) is 24.3 Å². The Balaban J connectivity index is 2.42. The van der Waals surface area contributed by atoms with E-state index in [4.69, 9.17) is 18.5 Å². The largest absolute Gasteiger partial charge is 0.472 e. The summed E-state index contributed by atoms with van der Waals surface area (Å²) < 4.78 is 32.7. The van der Waals surface area contributed by atoms with E-state index in [9.17, 15) is 34.4 Å². The van der Waals surface area contributed by atoms with Gasteiger partial charge in [0, 0.05) is 25.7 Å². The molecule has 12 nitrogen and oxygen atoms in total. The van der Waals surface area contributed by atoms with Gasteiger partial charge in [0.2, 0.25) is 0 Å². The lowest BCUT2D eigenvalue weighted by Crippen LogP contribution is -2.37. The average molecular weight is 637 g/mol. The normalized spacial score (nSPS) is 23.8. The summed E-state index contributed by atoms with van der Waals surface area (Å²) in [4.78, 5) is 33.5. The number of hydrogen-bond acceptors (Lipinski definition) is 10. The fourth-order valence-electron chi connectivity index (χ4n) is 4.65. The highest BCUT2D eigenvalue weighted by Crippen LogP contribution is 2.43. The first-order valence-electron chi connectivity index (χ1n) is 15.3. The predicted octanol–water partition coefficient (Wildman–Crippen LogP) is 3.27. The van der Waals surface area contributed by atoms with E-state index in [0.717, 1.165) is 19.3 Å². The van der Waals surface area contributed by atoms with Crippen LogP contribution in [0.5, 0.6) is 0 Å². The second kappa shape index (κ2) is 20.4. The quantitative estimate of drug-likeness (QED) is 0.0452. The molecule has 7 atom stereocenters. The minimum absolute atomic E-state index is 0.0108. The number of quaternary nitrogens is 1. The van der Waals surface area contributed by atoms with Gasteiger partial charge in [0.25, 0.3) is 0 Å². The maximum Gasteiger partial charge on any atom is 0.472 e. The van der Waals surface area contributed by atoms with E-state index in [1.54, 1.807) is 6.08 Å². The molecule has 4 N–H and O–H groups in total. The number of nitrogens with zero attached hydrogens (tertiary/aromatic N) is 1. The minimum Gasteiger partial charge on any atom is -0.462 e. The van der Waals surface area contributed by atoms with Gasteiger partial charge in [-0.3, -0.25) is 18.6 Å². The van der Waals surface area contributed by atoms with E-state index >= 15 is 0 Å². The SMILES string of the molecule is CCCCC[C@H](O)/C=C/[C@@H]1[C@@H](C/C=C/CCCC(=O)OC[C@H](COP(=O)(O)OCC[N+](C)(C)C)OC(C)=O)[C@@H](O)C[C@H]1O. The number of esters is 2. The van der Waals surface area contributed by atoms with Crippen LogP contribution in [-0.4, -0.2) is 109 Å². The number of aliphatic hydroxyl groups is 3. The van der Waals surface area contributed by atoms with Crippen molar-refractivity contribution < 1.29 is 57.4 Å². The summed E-state index contributed by atoms with van der Waals surface area (Å²) in [5, 5.41) is 31.0. The number of aliphatic hydroxyl groups excluding tert-OH is 3. The second-order valence-electron chi connectivity index (χ2n) is 12.2. The number of hydrogen-bond donors (Lipinski definition) is 4. The molecular formula is C30H55NO11P+. The molecule has 1 aliphatic rings. The van der Waals surface area contributed by atoms with Crippen LogP contribution in [0.3, 0.4) is 0 Å². The highest BCUT2D eigenvalue weighted by molar-refractivity contribution is 7.47. The standard InChI is InChI=1S/C30H54NO11P/c1-6-7-10-13-24(33)16-17-27-26(28(34)20-29(27)35)14-11-8-9-12-15-30(36)39-21-25(42-23(2)32)22-41-43(37,38)40-19-18-31(3,4)5/h8,11,16-17,24-29,33-35H,6-7,9-10,12-15,18-22H2,1-5H3/p+1/b11-8+,17-16+/t24-,25+,26+,27+,28-,29+/m0/s1. The van der Waals surface area contributed by atoms with Crippen molar-refractivity contribution in [1.82, 2.24) is 0 Å². The number of phosphoric acid groups is 1. The van der Waals surface area contributed by atoms with Gasteiger partial charge >= 0.3 is 19.8 Å². The van der Waals surface area contributed by atoms with Crippen LogP contribution in [0.4, 0.5) is 0 Å². The van der Waals surface area contributed by atoms with Crippen molar-refractivity contribution in [3.63, 3.8) is 0 Å². The van der Waals surface area contributed by atoms with E-state index in [0.29, 0.717) is 43.1 Å². The Labute approximate surface area is 256 Å². The predicted molar refractivity (Wildman–Crippen MR) is 162 cm³/mol. The smallest absolute Gasteiger partial charge is 0.462 e. The third-order valence-corrected chi connectivity index (χ3v) is 8.09. The summed E-state index contributed by atoms with van der Waals surface area (Å²) in [7, 11) is 1.33. The van der Waals surface area contributed by atoms with Gasteiger partial charge < -0.3 is 34.2 Å². The molecule has 1 fully saturated rings. The molecule has 0 aromatic carbocycles. The molecule has 0 aliphatic heterocycles. The number of unbranched alkanes of at least 4 members (excludes halogenated alkanes) is 3. The molecule has 1 unspecified atom stereocenters. The van der Waals surface area contributed by atoms with E-state index in [1.807, 2.05) is 39.4 Å². The minimum atomic E-state index is -4.38. The molecule has 0 saturated heterocycles. The molecule has 0 spiro atoms. The summed E-state index contributed by atoms with van der Waals surface area (Å²) in [6.07, 6.45) is 10.3. The molecule has 13 heteroatoms. The summed E-state index contributed by atoms with van der Waals surface area (Å²) in [6.45, 7) is 2.92. The van der Waals surface area contributed by atoms with Gasteiger partial charge in [0.05, 0.1) is 46.1 Å². The molecule has 0 heterocycles. The molecule has 1 saturated carbocycles. The molecule has 43 heavy (non-hydrogen) atoms. The first-order valence-corrected chi connectivity index (χ1v) is 16.8. The highest BCUT2D eigenvalue weighted by Gasteiger charge is 2.39. The third kappa shape index (κ3) is 18.7. The van der Waals surface area contributed by atoms with E-state index < -0.39 is 50.8 Å². The molecular weight excluding hydrogens is 581 g/mol. The van der Waals surface area contributed by atoms with Crippen LogP contribution in [0, 0.1) is 11.8 Å². The zero-order valence-corrected chi connectivity index (χ0v) is 27.4. The molecule has 1 rings (SSSR count). The first-order chi connectivity index (χ1) is 20.1.